The van der Waals surface area contributed by atoms with Crippen molar-refractivity contribution in [3.05, 3.63) is 12.2 Å². The van der Waals surface area contributed by atoms with Crippen LogP contribution in [0, 0.1) is 0 Å². The Bertz CT molecular complexity index is 309. The van der Waals surface area contributed by atoms with Crippen LogP contribution in [-0.4, -0.2) is 45.8 Å². The van der Waals surface area contributed by atoms with Gasteiger partial charge in [-0.1, -0.05) is 0 Å². The predicted molar refractivity (Wildman–Crippen MR) is 58.4 cm³/mol. The molecule has 0 bridgehead atoms. The van der Waals surface area contributed by atoms with Crippen LogP contribution in [0.15, 0.2) is 6.33 Å². The van der Waals surface area contributed by atoms with Gasteiger partial charge in [-0.25, -0.2) is 4.98 Å². The fourth-order valence-electron chi connectivity index (χ4n) is 2.09. The van der Waals surface area contributed by atoms with Crippen LogP contribution in [0.5, 0.6) is 0 Å². The zero-order chi connectivity index (χ0) is 10.7. The number of rotatable bonds is 3. The number of nitrogens with one attached hydrogen (secondary N) is 1. The lowest BCUT2D eigenvalue weighted by Gasteiger charge is -2.31. The van der Waals surface area contributed by atoms with E-state index in [4.69, 9.17) is 0 Å². The predicted octanol–water partition coefficient (Wildman–Crippen LogP) is -0.00110. The SMILES string of the molecule is CNC1CCCN(Cc2ncn(C)n2)C1. The molecule has 1 aromatic heterocycles. The highest BCUT2D eigenvalue weighted by atomic mass is 15.3. The lowest BCUT2D eigenvalue weighted by Crippen LogP contribution is -2.44. The first-order valence-electron chi connectivity index (χ1n) is 5.52. The van der Waals surface area contributed by atoms with Gasteiger partial charge in [-0.05, 0) is 26.4 Å². The standard InChI is InChI=1S/C10H19N5/c1-11-9-4-3-5-15(6-9)7-10-12-8-14(2)13-10/h8-9,11H,3-7H2,1-2H3. The third-order valence-electron chi connectivity index (χ3n) is 2.93. The maximum atomic E-state index is 4.30. The van der Waals surface area contributed by atoms with Crippen molar-refractivity contribution >= 4 is 0 Å². The molecule has 2 heterocycles. The summed E-state index contributed by atoms with van der Waals surface area (Å²) in [5.74, 6) is 0.925. The Labute approximate surface area is 90.5 Å². The van der Waals surface area contributed by atoms with Gasteiger partial charge in [-0.3, -0.25) is 9.58 Å². The van der Waals surface area contributed by atoms with Gasteiger partial charge < -0.3 is 5.32 Å². The van der Waals surface area contributed by atoms with E-state index in [9.17, 15) is 0 Å². The molecule has 0 aromatic carbocycles. The minimum absolute atomic E-state index is 0.627. The molecule has 0 spiro atoms. The zero-order valence-electron chi connectivity index (χ0n) is 9.48. The van der Waals surface area contributed by atoms with E-state index in [-0.39, 0.29) is 0 Å². The summed E-state index contributed by atoms with van der Waals surface area (Å²) in [4.78, 5) is 6.67. The van der Waals surface area contributed by atoms with Crippen molar-refractivity contribution in [1.82, 2.24) is 25.0 Å². The van der Waals surface area contributed by atoms with Crippen molar-refractivity contribution in [2.24, 2.45) is 7.05 Å². The van der Waals surface area contributed by atoms with Crippen LogP contribution in [0.2, 0.25) is 0 Å². The molecule has 1 unspecified atom stereocenters. The van der Waals surface area contributed by atoms with E-state index in [1.807, 2.05) is 14.1 Å². The molecule has 1 saturated heterocycles. The highest BCUT2D eigenvalue weighted by Gasteiger charge is 2.19. The molecule has 0 aliphatic carbocycles. The number of hydrogen-bond acceptors (Lipinski definition) is 4. The average molecular weight is 209 g/mol. The van der Waals surface area contributed by atoms with Gasteiger partial charge in [0.05, 0.1) is 6.54 Å². The summed E-state index contributed by atoms with van der Waals surface area (Å²) in [6.07, 6.45) is 4.30. The summed E-state index contributed by atoms with van der Waals surface area (Å²) in [5, 5.41) is 7.64. The summed E-state index contributed by atoms with van der Waals surface area (Å²) < 4.78 is 1.76. The second-order valence-electron chi connectivity index (χ2n) is 4.20. The zero-order valence-corrected chi connectivity index (χ0v) is 9.48. The minimum atomic E-state index is 0.627. The van der Waals surface area contributed by atoms with Gasteiger partial charge in [-0.2, -0.15) is 5.10 Å². The number of nitrogens with zero attached hydrogens (tertiary/aromatic N) is 4. The first-order valence-corrected chi connectivity index (χ1v) is 5.52. The van der Waals surface area contributed by atoms with Gasteiger partial charge in [0.15, 0.2) is 5.82 Å². The van der Waals surface area contributed by atoms with Crippen LogP contribution in [-0.2, 0) is 13.6 Å². The second kappa shape index (κ2) is 4.72. The summed E-state index contributed by atoms with van der Waals surface area (Å²) in [5.41, 5.74) is 0. The first kappa shape index (κ1) is 10.6. The molecule has 0 saturated carbocycles. The van der Waals surface area contributed by atoms with Crippen LogP contribution in [0.3, 0.4) is 0 Å². The van der Waals surface area contributed by atoms with E-state index in [0.29, 0.717) is 6.04 Å². The Hall–Kier alpha value is -0.940. The normalized spacial score (nSPS) is 23.2. The van der Waals surface area contributed by atoms with Crippen molar-refractivity contribution in [3.8, 4) is 0 Å². The fraction of sp³-hybridized carbons (Fsp3) is 0.800. The lowest BCUT2D eigenvalue weighted by atomic mass is 10.1. The van der Waals surface area contributed by atoms with E-state index < -0.39 is 0 Å². The molecular weight excluding hydrogens is 190 g/mol. The van der Waals surface area contributed by atoms with E-state index in [1.54, 1.807) is 11.0 Å². The number of aromatic nitrogens is 3. The molecule has 84 valence electrons. The van der Waals surface area contributed by atoms with Crippen molar-refractivity contribution in [1.29, 1.82) is 0 Å². The van der Waals surface area contributed by atoms with E-state index >= 15 is 0 Å². The van der Waals surface area contributed by atoms with Crippen molar-refractivity contribution < 1.29 is 0 Å². The third kappa shape index (κ3) is 2.76. The maximum absolute atomic E-state index is 4.30. The monoisotopic (exact) mass is 209 g/mol. The summed E-state index contributed by atoms with van der Waals surface area (Å²) in [7, 11) is 3.94. The molecule has 0 radical (unpaired) electrons. The van der Waals surface area contributed by atoms with Gasteiger partial charge in [0, 0.05) is 19.6 Å². The Morgan fingerprint density at radius 3 is 3.13 bits per heavy atom. The van der Waals surface area contributed by atoms with Gasteiger partial charge in [-0.15, -0.1) is 0 Å². The molecule has 15 heavy (non-hydrogen) atoms. The Morgan fingerprint density at radius 1 is 1.60 bits per heavy atom. The molecule has 2 rings (SSSR count). The number of piperidine rings is 1. The molecular formula is C10H19N5. The third-order valence-corrected chi connectivity index (χ3v) is 2.93. The molecule has 1 N–H and O–H groups in total. The second-order valence-corrected chi connectivity index (χ2v) is 4.20. The summed E-state index contributed by atoms with van der Waals surface area (Å²) >= 11 is 0. The van der Waals surface area contributed by atoms with Gasteiger partial charge in [0.2, 0.25) is 0 Å². The number of hydrogen-bond donors (Lipinski definition) is 1. The van der Waals surface area contributed by atoms with Crippen LogP contribution in [0.25, 0.3) is 0 Å². The summed E-state index contributed by atoms with van der Waals surface area (Å²) in [6.45, 7) is 3.14. The average Bonchev–Trinajstić information content (AvgIpc) is 2.64. The molecule has 1 aliphatic heterocycles. The maximum Gasteiger partial charge on any atom is 0.164 e. The fourth-order valence-corrected chi connectivity index (χ4v) is 2.09. The lowest BCUT2D eigenvalue weighted by molar-refractivity contribution is 0.184. The van der Waals surface area contributed by atoms with Crippen molar-refractivity contribution in [2.45, 2.75) is 25.4 Å². The highest BCUT2D eigenvalue weighted by Crippen LogP contribution is 2.11. The Kier molecular flexibility index (Phi) is 3.33. The van der Waals surface area contributed by atoms with E-state index in [1.165, 1.54) is 12.8 Å². The smallest absolute Gasteiger partial charge is 0.164 e. The van der Waals surface area contributed by atoms with Gasteiger partial charge in [0.25, 0.3) is 0 Å². The van der Waals surface area contributed by atoms with Crippen molar-refractivity contribution in [2.75, 3.05) is 20.1 Å². The number of likely N-dealkylation sites (tertiary alicyclic amines) is 1. The first-order chi connectivity index (χ1) is 7.28. The number of likely N-dealkylation sites (N-methyl/N-ethyl adjacent to an activating group) is 1. The number of aryl methyl sites for hydroxylation is 1. The molecule has 1 fully saturated rings. The largest absolute Gasteiger partial charge is 0.316 e. The highest BCUT2D eigenvalue weighted by molar-refractivity contribution is 4.85. The van der Waals surface area contributed by atoms with Crippen molar-refractivity contribution in [3.63, 3.8) is 0 Å². The topological polar surface area (TPSA) is 46.0 Å². The molecule has 5 heteroatoms. The minimum Gasteiger partial charge on any atom is -0.316 e. The van der Waals surface area contributed by atoms with Crippen LogP contribution in [0.4, 0.5) is 0 Å². The van der Waals surface area contributed by atoms with Crippen LogP contribution in [0.1, 0.15) is 18.7 Å². The molecule has 1 aromatic rings. The molecule has 0 amide bonds. The molecule has 1 aliphatic rings. The van der Waals surface area contributed by atoms with Gasteiger partial charge >= 0.3 is 0 Å². The molecule has 5 nitrogen and oxygen atoms in total. The van der Waals surface area contributed by atoms with Crippen LogP contribution >= 0.6 is 0 Å². The quantitative estimate of drug-likeness (QED) is 0.761. The Balaban J connectivity index is 1.88. The molecule has 1 atom stereocenters. The van der Waals surface area contributed by atoms with E-state index in [2.05, 4.69) is 20.3 Å². The van der Waals surface area contributed by atoms with E-state index in [0.717, 1.165) is 25.5 Å². The van der Waals surface area contributed by atoms with Gasteiger partial charge in [0.1, 0.15) is 6.33 Å². The van der Waals surface area contributed by atoms with Crippen LogP contribution < -0.4 is 5.32 Å². The Morgan fingerprint density at radius 2 is 2.47 bits per heavy atom. The summed E-state index contributed by atoms with van der Waals surface area (Å²) in [6, 6.07) is 0.627.